The second-order valence-corrected chi connectivity index (χ2v) is 4.76. The molecule has 0 spiro atoms. The van der Waals surface area contributed by atoms with Crippen LogP contribution >= 0.6 is 0 Å². The molecule has 94 valence electrons. The summed E-state index contributed by atoms with van der Waals surface area (Å²) in [7, 11) is 0. The summed E-state index contributed by atoms with van der Waals surface area (Å²) in [5.74, 6) is 1.19. The van der Waals surface area contributed by atoms with E-state index in [-0.39, 0.29) is 6.61 Å². The molecule has 2 aromatic rings. The van der Waals surface area contributed by atoms with Crippen LogP contribution in [-0.2, 0) is 6.61 Å². The lowest BCUT2D eigenvalue weighted by Crippen LogP contribution is -2.00. The normalized spacial score (nSPS) is 10.9. The second kappa shape index (κ2) is 5.27. The number of nitrogens with zero attached hydrogens (tertiary/aromatic N) is 2. The third kappa shape index (κ3) is 2.74. The van der Waals surface area contributed by atoms with Crippen LogP contribution in [0.1, 0.15) is 36.8 Å². The first-order chi connectivity index (χ1) is 8.60. The first-order valence-electron chi connectivity index (χ1n) is 6.16. The molecule has 0 saturated carbocycles. The average Bonchev–Trinajstić information content (AvgIpc) is 2.38. The lowest BCUT2D eigenvalue weighted by Gasteiger charge is -2.08. The van der Waals surface area contributed by atoms with Gasteiger partial charge in [-0.3, -0.25) is 0 Å². The van der Waals surface area contributed by atoms with Crippen LogP contribution in [-0.4, -0.2) is 15.1 Å². The van der Waals surface area contributed by atoms with Gasteiger partial charge in [-0.2, -0.15) is 0 Å². The highest BCUT2D eigenvalue weighted by Crippen LogP contribution is 2.20. The van der Waals surface area contributed by atoms with Crippen LogP contribution in [0.25, 0.3) is 11.3 Å². The molecule has 1 aromatic heterocycles. The van der Waals surface area contributed by atoms with E-state index in [0.717, 1.165) is 28.3 Å². The lowest BCUT2D eigenvalue weighted by atomic mass is 10.1. The minimum Gasteiger partial charge on any atom is -0.392 e. The number of aromatic nitrogens is 2. The highest BCUT2D eigenvalue weighted by atomic mass is 16.3. The number of benzene rings is 1. The highest BCUT2D eigenvalue weighted by Gasteiger charge is 2.07. The SMILES string of the molecule is Cc1cc(-c2ccc(CO)cc2)nc(C(C)C)n1. The molecule has 3 heteroatoms. The van der Waals surface area contributed by atoms with Gasteiger partial charge in [0.2, 0.25) is 0 Å². The minimum atomic E-state index is 0.0698. The molecule has 1 aromatic carbocycles. The summed E-state index contributed by atoms with van der Waals surface area (Å²) >= 11 is 0. The van der Waals surface area contributed by atoms with Gasteiger partial charge in [0.25, 0.3) is 0 Å². The van der Waals surface area contributed by atoms with Gasteiger partial charge in [0.05, 0.1) is 12.3 Å². The van der Waals surface area contributed by atoms with E-state index in [9.17, 15) is 0 Å². The average molecular weight is 242 g/mol. The van der Waals surface area contributed by atoms with Gasteiger partial charge >= 0.3 is 0 Å². The molecule has 1 heterocycles. The van der Waals surface area contributed by atoms with Crippen molar-refractivity contribution in [3.05, 3.63) is 47.4 Å². The van der Waals surface area contributed by atoms with Gasteiger partial charge in [-0.1, -0.05) is 38.1 Å². The Morgan fingerprint density at radius 3 is 2.33 bits per heavy atom. The summed E-state index contributed by atoms with van der Waals surface area (Å²) in [6.45, 7) is 6.24. The zero-order valence-electron chi connectivity index (χ0n) is 11.0. The molecule has 0 aliphatic heterocycles. The summed E-state index contributed by atoms with van der Waals surface area (Å²) < 4.78 is 0. The van der Waals surface area contributed by atoms with E-state index in [1.54, 1.807) is 0 Å². The van der Waals surface area contributed by atoms with Gasteiger partial charge in [-0.05, 0) is 18.6 Å². The molecule has 3 nitrogen and oxygen atoms in total. The second-order valence-electron chi connectivity index (χ2n) is 4.76. The number of aliphatic hydroxyl groups is 1. The molecule has 0 aliphatic carbocycles. The van der Waals surface area contributed by atoms with Crippen LogP contribution in [0.5, 0.6) is 0 Å². The molecule has 0 amide bonds. The Labute approximate surface area is 108 Å². The van der Waals surface area contributed by atoms with E-state index in [1.807, 2.05) is 37.3 Å². The predicted molar refractivity (Wildman–Crippen MR) is 72.2 cm³/mol. The van der Waals surface area contributed by atoms with Crippen molar-refractivity contribution in [1.82, 2.24) is 9.97 Å². The zero-order valence-corrected chi connectivity index (χ0v) is 11.0. The summed E-state index contributed by atoms with van der Waals surface area (Å²) in [5, 5.41) is 9.03. The zero-order chi connectivity index (χ0) is 13.1. The monoisotopic (exact) mass is 242 g/mol. The fourth-order valence-electron chi connectivity index (χ4n) is 1.78. The molecule has 1 N–H and O–H groups in total. The van der Waals surface area contributed by atoms with E-state index in [0.29, 0.717) is 5.92 Å². The Morgan fingerprint density at radius 2 is 1.78 bits per heavy atom. The topological polar surface area (TPSA) is 46.0 Å². The predicted octanol–water partition coefficient (Wildman–Crippen LogP) is 3.07. The quantitative estimate of drug-likeness (QED) is 0.899. The smallest absolute Gasteiger partial charge is 0.131 e. The van der Waals surface area contributed by atoms with Gasteiger partial charge in [0.15, 0.2) is 0 Å². The Hall–Kier alpha value is -1.74. The molecular weight excluding hydrogens is 224 g/mol. The number of aliphatic hydroxyl groups excluding tert-OH is 1. The summed E-state index contributed by atoms with van der Waals surface area (Å²) in [4.78, 5) is 9.03. The first-order valence-corrected chi connectivity index (χ1v) is 6.16. The van der Waals surface area contributed by atoms with E-state index in [1.165, 1.54) is 0 Å². The third-order valence-electron chi connectivity index (χ3n) is 2.82. The fourth-order valence-corrected chi connectivity index (χ4v) is 1.78. The van der Waals surface area contributed by atoms with Crippen LogP contribution in [0.4, 0.5) is 0 Å². The number of hydrogen-bond donors (Lipinski definition) is 1. The van der Waals surface area contributed by atoms with Gasteiger partial charge in [-0.25, -0.2) is 9.97 Å². The molecular formula is C15H18N2O. The van der Waals surface area contributed by atoms with Crippen molar-refractivity contribution in [2.24, 2.45) is 0 Å². The molecule has 0 unspecified atom stereocenters. The van der Waals surface area contributed by atoms with Crippen molar-refractivity contribution in [3.63, 3.8) is 0 Å². The Balaban J connectivity index is 2.42. The maximum absolute atomic E-state index is 9.03. The maximum atomic E-state index is 9.03. The van der Waals surface area contributed by atoms with E-state index >= 15 is 0 Å². The molecule has 0 saturated heterocycles. The minimum absolute atomic E-state index is 0.0698. The molecule has 0 atom stereocenters. The van der Waals surface area contributed by atoms with E-state index < -0.39 is 0 Å². The summed E-state index contributed by atoms with van der Waals surface area (Å²) in [6, 6.07) is 9.79. The highest BCUT2D eigenvalue weighted by molar-refractivity contribution is 5.59. The van der Waals surface area contributed by atoms with Crippen molar-refractivity contribution < 1.29 is 5.11 Å². The largest absolute Gasteiger partial charge is 0.392 e. The third-order valence-corrected chi connectivity index (χ3v) is 2.82. The fraction of sp³-hybridized carbons (Fsp3) is 0.333. The molecule has 0 fully saturated rings. The summed E-state index contributed by atoms with van der Waals surface area (Å²) in [5.41, 5.74) is 3.89. The van der Waals surface area contributed by atoms with Crippen LogP contribution < -0.4 is 0 Å². The van der Waals surface area contributed by atoms with Crippen LogP contribution in [0.15, 0.2) is 30.3 Å². The van der Waals surface area contributed by atoms with Crippen molar-refractivity contribution in [2.75, 3.05) is 0 Å². The van der Waals surface area contributed by atoms with Crippen molar-refractivity contribution in [2.45, 2.75) is 33.3 Å². The lowest BCUT2D eigenvalue weighted by molar-refractivity contribution is 0.282. The molecule has 0 aliphatic rings. The Morgan fingerprint density at radius 1 is 1.11 bits per heavy atom. The van der Waals surface area contributed by atoms with Crippen molar-refractivity contribution >= 4 is 0 Å². The number of hydrogen-bond acceptors (Lipinski definition) is 3. The maximum Gasteiger partial charge on any atom is 0.131 e. The molecule has 18 heavy (non-hydrogen) atoms. The van der Waals surface area contributed by atoms with E-state index in [4.69, 9.17) is 5.11 Å². The standard InChI is InChI=1S/C15H18N2O/c1-10(2)15-16-11(3)8-14(17-15)13-6-4-12(9-18)5-7-13/h4-8,10,18H,9H2,1-3H3. The molecule has 0 bridgehead atoms. The first kappa shape index (κ1) is 12.7. The van der Waals surface area contributed by atoms with Crippen LogP contribution in [0.3, 0.4) is 0 Å². The van der Waals surface area contributed by atoms with Crippen molar-refractivity contribution in [1.29, 1.82) is 0 Å². The Bertz CT molecular complexity index is 533. The molecule has 2 rings (SSSR count). The number of rotatable bonds is 3. The van der Waals surface area contributed by atoms with Crippen LogP contribution in [0, 0.1) is 6.92 Å². The van der Waals surface area contributed by atoms with Gasteiger partial charge in [-0.15, -0.1) is 0 Å². The van der Waals surface area contributed by atoms with Crippen LogP contribution in [0.2, 0.25) is 0 Å². The number of aryl methyl sites for hydroxylation is 1. The van der Waals surface area contributed by atoms with Gasteiger partial charge in [0, 0.05) is 17.2 Å². The van der Waals surface area contributed by atoms with Gasteiger partial charge < -0.3 is 5.11 Å². The van der Waals surface area contributed by atoms with Crippen molar-refractivity contribution in [3.8, 4) is 11.3 Å². The van der Waals surface area contributed by atoms with E-state index in [2.05, 4.69) is 23.8 Å². The van der Waals surface area contributed by atoms with Gasteiger partial charge in [0.1, 0.15) is 5.82 Å². The summed E-state index contributed by atoms with van der Waals surface area (Å²) in [6.07, 6.45) is 0. The Kier molecular flexibility index (Phi) is 3.72. The molecule has 0 radical (unpaired) electrons.